The smallest absolute Gasteiger partial charge is 0.342 e. The number of anilines is 1. The predicted molar refractivity (Wildman–Crippen MR) is 98.2 cm³/mol. The molecule has 0 saturated carbocycles. The van der Waals surface area contributed by atoms with E-state index in [2.05, 4.69) is 38.1 Å². The van der Waals surface area contributed by atoms with Gasteiger partial charge in [-0.3, -0.25) is 0 Å². The van der Waals surface area contributed by atoms with E-state index in [1.807, 2.05) is 20.8 Å². The Hall–Kier alpha value is -1.81. The number of carbonyl (C=O) groups is 1. The van der Waals surface area contributed by atoms with Gasteiger partial charge in [-0.05, 0) is 44.2 Å². The Labute approximate surface area is 142 Å². The Balaban J connectivity index is 2.45. The molecule has 1 heterocycles. The van der Waals surface area contributed by atoms with Crippen LogP contribution in [0.2, 0.25) is 0 Å². The number of nitrogens with two attached hydrogens (primary N) is 1. The predicted octanol–water partition coefficient (Wildman–Crippen LogP) is 5.38. The van der Waals surface area contributed by atoms with Gasteiger partial charge in [0, 0.05) is 10.4 Å². The van der Waals surface area contributed by atoms with E-state index in [4.69, 9.17) is 10.5 Å². The fraction of sp³-hybridized carbons (Fsp3) is 0.421. The number of benzene rings is 1. The van der Waals surface area contributed by atoms with Gasteiger partial charge < -0.3 is 10.5 Å². The van der Waals surface area contributed by atoms with Gasteiger partial charge in [0.25, 0.3) is 0 Å². The first-order valence-electron chi connectivity index (χ1n) is 8.05. The van der Waals surface area contributed by atoms with Crippen LogP contribution in [0.25, 0.3) is 11.1 Å². The molecule has 0 aliphatic rings. The second kappa shape index (κ2) is 7.18. The Kier molecular flexibility index (Phi) is 5.47. The van der Waals surface area contributed by atoms with Gasteiger partial charge in [-0.15, -0.1) is 11.3 Å². The second-order valence-electron chi connectivity index (χ2n) is 6.16. The second-order valence-corrected chi connectivity index (χ2v) is 7.41. The third kappa shape index (κ3) is 3.75. The third-order valence-electron chi connectivity index (χ3n) is 4.04. The van der Waals surface area contributed by atoms with Gasteiger partial charge in [0.2, 0.25) is 0 Å². The maximum Gasteiger partial charge on any atom is 0.342 e. The highest BCUT2D eigenvalue weighted by molar-refractivity contribution is 7.16. The van der Waals surface area contributed by atoms with Gasteiger partial charge in [0.1, 0.15) is 10.6 Å². The number of nitrogen functional groups attached to an aromatic ring is 1. The zero-order valence-corrected chi connectivity index (χ0v) is 15.3. The van der Waals surface area contributed by atoms with Gasteiger partial charge in [-0.25, -0.2) is 4.79 Å². The molecule has 0 bridgehead atoms. The molecule has 3 nitrogen and oxygen atoms in total. The van der Waals surface area contributed by atoms with Crippen LogP contribution in [0, 0.1) is 6.92 Å². The molecule has 0 unspecified atom stereocenters. The number of ether oxygens (including phenoxy) is 1. The lowest BCUT2D eigenvalue weighted by Gasteiger charge is -2.12. The molecule has 1 aromatic heterocycles. The van der Waals surface area contributed by atoms with E-state index in [-0.39, 0.29) is 12.1 Å². The molecule has 0 fully saturated rings. The van der Waals surface area contributed by atoms with Crippen molar-refractivity contribution >= 4 is 22.3 Å². The fourth-order valence-electron chi connectivity index (χ4n) is 2.60. The average Bonchev–Trinajstić information content (AvgIpc) is 2.80. The van der Waals surface area contributed by atoms with Crippen molar-refractivity contribution < 1.29 is 9.53 Å². The zero-order valence-electron chi connectivity index (χ0n) is 14.5. The lowest BCUT2D eigenvalue weighted by atomic mass is 9.95. The number of carbonyl (C=O) groups excluding carboxylic acids is 1. The van der Waals surface area contributed by atoms with Crippen molar-refractivity contribution in [3.63, 3.8) is 0 Å². The van der Waals surface area contributed by atoms with Crippen molar-refractivity contribution in [3.05, 3.63) is 40.3 Å². The molecular formula is C19H25NO2S. The lowest BCUT2D eigenvalue weighted by Crippen LogP contribution is -2.13. The number of aryl methyl sites for hydroxylation is 1. The Morgan fingerprint density at radius 1 is 1.22 bits per heavy atom. The molecule has 2 aromatic rings. The summed E-state index contributed by atoms with van der Waals surface area (Å²) in [4.78, 5) is 13.4. The number of esters is 1. The molecular weight excluding hydrogens is 306 g/mol. The van der Waals surface area contributed by atoms with Crippen LogP contribution in [0.4, 0.5) is 5.00 Å². The monoisotopic (exact) mass is 331 g/mol. The summed E-state index contributed by atoms with van der Waals surface area (Å²) in [5.74, 6) is 0.186. The van der Waals surface area contributed by atoms with Crippen molar-refractivity contribution in [1.29, 1.82) is 0 Å². The van der Waals surface area contributed by atoms with E-state index in [0.717, 1.165) is 22.4 Å². The number of hydrogen-bond donors (Lipinski definition) is 1. The summed E-state index contributed by atoms with van der Waals surface area (Å²) in [5.41, 5.74) is 9.79. The first-order chi connectivity index (χ1) is 10.8. The SMILES string of the molecule is CC[C@@H](C)c1ccc(-c2c(C)sc(N)c2C(=O)OC(C)C)cc1. The highest BCUT2D eigenvalue weighted by Gasteiger charge is 2.23. The molecule has 2 rings (SSSR count). The largest absolute Gasteiger partial charge is 0.459 e. The maximum atomic E-state index is 12.4. The van der Waals surface area contributed by atoms with E-state index >= 15 is 0 Å². The van der Waals surface area contributed by atoms with Crippen LogP contribution in [0.15, 0.2) is 24.3 Å². The van der Waals surface area contributed by atoms with Gasteiger partial charge in [0.05, 0.1) is 6.10 Å². The molecule has 0 amide bonds. The fourth-order valence-corrected chi connectivity index (χ4v) is 3.54. The van der Waals surface area contributed by atoms with E-state index in [9.17, 15) is 4.79 Å². The standard InChI is InChI=1S/C19H25NO2S/c1-6-12(4)14-7-9-15(10-8-14)16-13(5)23-18(20)17(16)19(21)22-11(2)3/h7-12H,6,20H2,1-5H3/t12-/m1/s1. The Morgan fingerprint density at radius 2 is 1.83 bits per heavy atom. The molecule has 124 valence electrons. The Bertz CT molecular complexity index is 686. The van der Waals surface area contributed by atoms with E-state index < -0.39 is 0 Å². The van der Waals surface area contributed by atoms with Gasteiger partial charge >= 0.3 is 5.97 Å². The summed E-state index contributed by atoms with van der Waals surface area (Å²) in [5, 5.41) is 0.522. The van der Waals surface area contributed by atoms with Crippen molar-refractivity contribution in [3.8, 4) is 11.1 Å². The van der Waals surface area contributed by atoms with Gasteiger partial charge in [-0.2, -0.15) is 0 Å². The quantitative estimate of drug-likeness (QED) is 0.748. The van der Waals surface area contributed by atoms with Crippen LogP contribution in [0.1, 0.15) is 60.8 Å². The number of thiophene rings is 1. The van der Waals surface area contributed by atoms with Crippen LogP contribution in [-0.4, -0.2) is 12.1 Å². The number of rotatable bonds is 5. The third-order valence-corrected chi connectivity index (χ3v) is 4.97. The molecule has 0 saturated heterocycles. The zero-order chi connectivity index (χ0) is 17.1. The molecule has 1 atom stereocenters. The molecule has 0 aliphatic carbocycles. The minimum Gasteiger partial charge on any atom is -0.459 e. The summed E-state index contributed by atoms with van der Waals surface area (Å²) in [6.07, 6.45) is 0.943. The van der Waals surface area contributed by atoms with Crippen molar-refractivity contribution in [2.45, 2.75) is 53.1 Å². The van der Waals surface area contributed by atoms with Crippen LogP contribution in [0.5, 0.6) is 0 Å². The maximum absolute atomic E-state index is 12.4. The summed E-state index contributed by atoms with van der Waals surface area (Å²) in [6.45, 7) is 10.1. The normalized spacial score (nSPS) is 12.4. The lowest BCUT2D eigenvalue weighted by molar-refractivity contribution is 0.0380. The summed E-state index contributed by atoms with van der Waals surface area (Å²) < 4.78 is 5.36. The molecule has 0 spiro atoms. The van der Waals surface area contributed by atoms with Crippen LogP contribution in [0.3, 0.4) is 0 Å². The van der Waals surface area contributed by atoms with E-state index in [1.54, 1.807) is 0 Å². The summed E-state index contributed by atoms with van der Waals surface area (Å²) in [7, 11) is 0. The Morgan fingerprint density at radius 3 is 2.35 bits per heavy atom. The first kappa shape index (κ1) is 17.5. The summed E-state index contributed by atoms with van der Waals surface area (Å²) in [6, 6.07) is 8.41. The van der Waals surface area contributed by atoms with Crippen LogP contribution in [-0.2, 0) is 4.74 Å². The van der Waals surface area contributed by atoms with Crippen molar-refractivity contribution in [1.82, 2.24) is 0 Å². The van der Waals surface area contributed by atoms with Gasteiger partial charge in [-0.1, -0.05) is 38.1 Å². The van der Waals surface area contributed by atoms with E-state index in [1.165, 1.54) is 16.9 Å². The summed E-state index contributed by atoms with van der Waals surface area (Å²) >= 11 is 1.44. The minimum atomic E-state index is -0.345. The molecule has 23 heavy (non-hydrogen) atoms. The average molecular weight is 331 g/mol. The topological polar surface area (TPSA) is 52.3 Å². The molecule has 2 N–H and O–H groups in total. The van der Waals surface area contributed by atoms with Crippen LogP contribution >= 0.6 is 11.3 Å². The first-order valence-corrected chi connectivity index (χ1v) is 8.86. The van der Waals surface area contributed by atoms with Gasteiger partial charge in [0.15, 0.2) is 0 Å². The highest BCUT2D eigenvalue weighted by Crippen LogP contribution is 2.39. The van der Waals surface area contributed by atoms with E-state index in [0.29, 0.717) is 16.5 Å². The number of hydrogen-bond acceptors (Lipinski definition) is 4. The van der Waals surface area contributed by atoms with Crippen molar-refractivity contribution in [2.75, 3.05) is 5.73 Å². The molecule has 4 heteroatoms. The van der Waals surface area contributed by atoms with Crippen molar-refractivity contribution in [2.24, 2.45) is 0 Å². The molecule has 1 aromatic carbocycles. The molecule has 0 radical (unpaired) electrons. The minimum absolute atomic E-state index is 0.164. The highest BCUT2D eigenvalue weighted by atomic mass is 32.1. The van der Waals surface area contributed by atoms with Crippen LogP contribution < -0.4 is 5.73 Å². The molecule has 0 aliphatic heterocycles.